The highest BCUT2D eigenvalue weighted by atomic mass is 16.4. The van der Waals surface area contributed by atoms with E-state index >= 15 is 0 Å². The number of hydrogen-bond donors (Lipinski definition) is 5. The summed E-state index contributed by atoms with van der Waals surface area (Å²) in [5.41, 5.74) is 6.51. The summed E-state index contributed by atoms with van der Waals surface area (Å²) < 4.78 is 2.01. The van der Waals surface area contributed by atoms with Crippen LogP contribution in [0.3, 0.4) is 0 Å². The molecule has 68 heavy (non-hydrogen) atoms. The molecule has 6 aromatic rings. The van der Waals surface area contributed by atoms with Crippen molar-refractivity contribution in [1.29, 1.82) is 0 Å². The Morgan fingerprint density at radius 2 is 1.19 bits per heavy atom. The van der Waals surface area contributed by atoms with E-state index in [1.54, 1.807) is 35.5 Å². The molecule has 4 aromatic carbocycles. The molecule has 0 aliphatic heterocycles. The molecule has 0 fully saturated rings. The van der Waals surface area contributed by atoms with Crippen LogP contribution in [0.1, 0.15) is 111 Å². The van der Waals surface area contributed by atoms with Crippen LogP contribution in [0.5, 0.6) is 0 Å². The third kappa shape index (κ3) is 14.2. The Balaban J connectivity index is 0.000000283. The second-order valence-electron chi connectivity index (χ2n) is 16.1. The van der Waals surface area contributed by atoms with Crippen molar-refractivity contribution in [1.82, 2.24) is 34.2 Å². The Hall–Kier alpha value is -6.62. The van der Waals surface area contributed by atoms with Crippen molar-refractivity contribution in [3.05, 3.63) is 132 Å². The lowest BCUT2D eigenvalue weighted by Crippen LogP contribution is -2.40. The van der Waals surface area contributed by atoms with Gasteiger partial charge in [-0.05, 0) is 108 Å². The molecule has 0 saturated heterocycles. The summed E-state index contributed by atoms with van der Waals surface area (Å²) in [6, 6.07) is 32.0. The number of amides is 3. The molecular formula is C52H70BN9O6. The van der Waals surface area contributed by atoms with Gasteiger partial charge in [-0.3, -0.25) is 14.4 Å². The maximum atomic E-state index is 13.1. The van der Waals surface area contributed by atoms with Gasteiger partial charge < -0.3 is 45.1 Å². The zero-order valence-electron chi connectivity index (χ0n) is 41.2. The molecule has 15 nitrogen and oxygen atoms in total. The Kier molecular flexibility index (Phi) is 21.6. The van der Waals surface area contributed by atoms with Gasteiger partial charge in [0.2, 0.25) is 5.95 Å². The maximum Gasteiger partial charge on any atom is 0.489 e. The number of benzene rings is 4. The number of carbonyl (C=O) groups is 3. The summed E-state index contributed by atoms with van der Waals surface area (Å²) in [5.74, 6) is 1.08. The van der Waals surface area contributed by atoms with Gasteiger partial charge in [0.05, 0.1) is 19.0 Å². The topological polar surface area (TPSA) is 189 Å². The van der Waals surface area contributed by atoms with E-state index in [2.05, 4.69) is 53.7 Å². The van der Waals surface area contributed by atoms with Crippen LogP contribution in [-0.2, 0) is 6.54 Å². The number of fused-ring (bicyclic) bond motifs is 1. The van der Waals surface area contributed by atoms with Crippen LogP contribution in [0.15, 0.2) is 109 Å². The molecule has 2 heterocycles. The minimum Gasteiger partial charge on any atom is -0.423 e. The van der Waals surface area contributed by atoms with Gasteiger partial charge in [-0.25, -0.2) is 4.98 Å². The number of nitrogens with zero attached hydrogens (tertiary/aromatic N) is 7. The van der Waals surface area contributed by atoms with Gasteiger partial charge in [0.25, 0.3) is 17.7 Å². The fourth-order valence-corrected chi connectivity index (χ4v) is 7.40. The van der Waals surface area contributed by atoms with Gasteiger partial charge >= 0.3 is 7.12 Å². The fourth-order valence-electron chi connectivity index (χ4n) is 7.40. The van der Waals surface area contributed by atoms with E-state index in [4.69, 9.17) is 20.0 Å². The van der Waals surface area contributed by atoms with E-state index in [-0.39, 0.29) is 41.9 Å². The number of hydrogen-bond acceptors (Lipinski definition) is 11. The number of imidazole rings is 1. The van der Waals surface area contributed by atoms with Crippen LogP contribution < -0.4 is 16.1 Å². The highest BCUT2D eigenvalue weighted by Crippen LogP contribution is 2.27. The second kappa shape index (κ2) is 27.3. The Morgan fingerprint density at radius 1 is 0.662 bits per heavy atom. The fraction of sp³-hybridized carbons (Fsp3) is 0.385. The first kappa shape index (κ1) is 54.0. The number of aliphatic hydroxyl groups excluding tert-OH is 1. The normalized spacial score (nSPS) is 11.1. The van der Waals surface area contributed by atoms with Gasteiger partial charge in [-0.1, -0.05) is 85.8 Å². The first-order valence-electron chi connectivity index (χ1n) is 23.7. The number of anilines is 2. The third-order valence-electron chi connectivity index (χ3n) is 11.5. The van der Waals surface area contributed by atoms with Crippen LogP contribution in [-0.4, -0.2) is 126 Å². The lowest BCUT2D eigenvalue weighted by molar-refractivity contribution is 0.0765. The standard InChI is InChI=1S/C30H39N7O2.C11H16BNO3.C11H15NO/c1-6-23(18-38)33-30-34-27(26-28(35-30)37(19-32-26)20(4)5)31-17-21-13-15-22(16-14-21)24-11-9-10-12-25(24)29(39)36(7-2)8-3;1-3-13(4-2)11(14)9-7-5-6-8-10(9)12(15)16;1-3-12(4-2)11(13)10-8-6-5-7-9-10/h9-16,19-20,23,38H,6-8,17-18H2,1-5H3,(H2,31,33,34,35);5-8,15-16H,3-4H2,1-2H3;5-9H,3-4H2,1-2H3/t23-;;/m1../s1. The van der Waals surface area contributed by atoms with Crippen LogP contribution in [0.2, 0.25) is 0 Å². The molecule has 0 aliphatic rings. The van der Waals surface area contributed by atoms with Crippen LogP contribution in [0, 0.1) is 0 Å². The monoisotopic (exact) mass is 928 g/mol. The molecule has 0 spiro atoms. The molecule has 16 heteroatoms. The quantitative estimate of drug-likeness (QED) is 0.0511. The largest absolute Gasteiger partial charge is 0.489 e. The van der Waals surface area contributed by atoms with Gasteiger partial charge in [0, 0.05) is 68.5 Å². The van der Waals surface area contributed by atoms with Crippen molar-refractivity contribution in [3.8, 4) is 11.1 Å². The highest BCUT2D eigenvalue weighted by molar-refractivity contribution is 6.60. The van der Waals surface area contributed by atoms with Gasteiger partial charge in [0.15, 0.2) is 17.0 Å². The van der Waals surface area contributed by atoms with Gasteiger partial charge in [-0.15, -0.1) is 0 Å². The van der Waals surface area contributed by atoms with E-state index < -0.39 is 7.12 Å². The smallest absolute Gasteiger partial charge is 0.423 e. The zero-order chi connectivity index (χ0) is 49.8. The molecule has 0 unspecified atom stereocenters. The first-order chi connectivity index (χ1) is 32.8. The van der Waals surface area contributed by atoms with Crippen molar-refractivity contribution in [2.24, 2.45) is 0 Å². The summed E-state index contributed by atoms with van der Waals surface area (Å²) in [7, 11) is -1.62. The molecule has 1 atom stereocenters. The Morgan fingerprint density at radius 3 is 1.74 bits per heavy atom. The molecule has 3 amide bonds. The predicted molar refractivity (Wildman–Crippen MR) is 274 cm³/mol. The minimum absolute atomic E-state index is 0.0000952. The minimum atomic E-state index is -1.62. The Bertz CT molecular complexity index is 2490. The summed E-state index contributed by atoms with van der Waals surface area (Å²) in [6.45, 7) is 22.6. The summed E-state index contributed by atoms with van der Waals surface area (Å²) in [4.78, 5) is 56.1. The summed E-state index contributed by atoms with van der Waals surface area (Å²) in [5, 5.41) is 34.7. The van der Waals surface area contributed by atoms with Crippen molar-refractivity contribution in [3.63, 3.8) is 0 Å². The van der Waals surface area contributed by atoms with E-state index in [1.807, 2.05) is 117 Å². The number of carbonyl (C=O) groups excluding carboxylic acids is 3. The summed E-state index contributed by atoms with van der Waals surface area (Å²) in [6.07, 6.45) is 2.54. The van der Waals surface area contributed by atoms with E-state index in [9.17, 15) is 19.5 Å². The number of aromatic nitrogens is 4. The number of aliphatic hydroxyl groups is 1. The van der Waals surface area contributed by atoms with Crippen molar-refractivity contribution < 1.29 is 29.5 Å². The SMILES string of the molecule is CCN(CC)C(=O)c1ccccc1.CCN(CC)C(=O)c1ccccc1B(O)O.CC[C@H](CO)Nc1nc(NCc2ccc(-c3ccccc3C(=O)N(CC)CC)cc2)c2ncn(C(C)C)c2n1. The lowest BCUT2D eigenvalue weighted by atomic mass is 9.77. The first-order valence-corrected chi connectivity index (χ1v) is 23.7. The van der Waals surface area contributed by atoms with Gasteiger partial charge in [-0.2, -0.15) is 9.97 Å². The molecular weight excluding hydrogens is 857 g/mol. The Labute approximate surface area is 402 Å². The highest BCUT2D eigenvalue weighted by Gasteiger charge is 2.23. The van der Waals surface area contributed by atoms with Crippen LogP contribution in [0.25, 0.3) is 22.3 Å². The average molecular weight is 928 g/mol. The molecule has 0 bridgehead atoms. The molecule has 6 rings (SSSR count). The second-order valence-corrected chi connectivity index (χ2v) is 16.1. The van der Waals surface area contributed by atoms with Gasteiger partial charge in [0.1, 0.15) is 0 Å². The maximum absolute atomic E-state index is 13.1. The molecule has 362 valence electrons. The van der Waals surface area contributed by atoms with E-state index in [0.29, 0.717) is 61.1 Å². The predicted octanol–water partition coefficient (Wildman–Crippen LogP) is 7.37. The third-order valence-corrected chi connectivity index (χ3v) is 11.5. The van der Waals surface area contributed by atoms with Crippen molar-refractivity contribution >= 4 is 53.2 Å². The number of rotatable bonds is 19. The van der Waals surface area contributed by atoms with Crippen LogP contribution >= 0.6 is 0 Å². The lowest BCUT2D eigenvalue weighted by Gasteiger charge is -2.20. The molecule has 2 aromatic heterocycles. The molecule has 0 radical (unpaired) electrons. The van der Waals surface area contributed by atoms with Crippen molar-refractivity contribution in [2.75, 3.05) is 56.5 Å². The zero-order valence-corrected chi connectivity index (χ0v) is 41.2. The molecule has 5 N–H and O–H groups in total. The molecule has 0 aliphatic carbocycles. The van der Waals surface area contributed by atoms with E-state index in [0.717, 1.165) is 47.4 Å². The molecule has 0 saturated carbocycles. The summed E-state index contributed by atoms with van der Waals surface area (Å²) >= 11 is 0. The average Bonchev–Trinajstić information content (AvgIpc) is 3.81. The number of nitrogens with one attached hydrogen (secondary N) is 2. The van der Waals surface area contributed by atoms with Crippen molar-refractivity contribution in [2.45, 2.75) is 87.4 Å². The van der Waals surface area contributed by atoms with Crippen LogP contribution in [0.4, 0.5) is 11.8 Å². The van der Waals surface area contributed by atoms with E-state index in [1.165, 1.54) is 0 Å².